The van der Waals surface area contributed by atoms with Crippen LogP contribution in [0.5, 0.6) is 0 Å². The van der Waals surface area contributed by atoms with Gasteiger partial charge in [-0.15, -0.1) is 0 Å². The van der Waals surface area contributed by atoms with Crippen molar-refractivity contribution in [1.82, 2.24) is 19.8 Å². The summed E-state index contributed by atoms with van der Waals surface area (Å²) in [7, 11) is -2.20. The number of carbonyl (C=O) groups is 2. The van der Waals surface area contributed by atoms with Gasteiger partial charge in [0.2, 0.25) is 15.9 Å². The second-order valence-electron chi connectivity index (χ2n) is 7.64. The first kappa shape index (κ1) is 23.3. The molecule has 1 fully saturated rings. The Balaban J connectivity index is 2.19. The van der Waals surface area contributed by atoms with Crippen LogP contribution in [0.3, 0.4) is 0 Å². The zero-order valence-electron chi connectivity index (χ0n) is 18.3. The van der Waals surface area contributed by atoms with Gasteiger partial charge in [-0.2, -0.15) is 4.31 Å². The second-order valence-corrected chi connectivity index (χ2v) is 9.51. The number of urea groups is 1. The molecular formula is C20H32N4O4S. The van der Waals surface area contributed by atoms with Crippen molar-refractivity contribution < 1.29 is 18.0 Å². The Hall–Kier alpha value is -1.97. The van der Waals surface area contributed by atoms with E-state index in [1.165, 1.54) is 11.4 Å². The summed E-state index contributed by atoms with van der Waals surface area (Å²) in [4.78, 5) is 25.8. The number of imide groups is 1. The van der Waals surface area contributed by atoms with Crippen LogP contribution in [0.1, 0.15) is 34.7 Å². The molecule has 0 saturated carbocycles. The molecular weight excluding hydrogens is 392 g/mol. The highest BCUT2D eigenvalue weighted by atomic mass is 32.2. The maximum atomic E-state index is 13.4. The summed E-state index contributed by atoms with van der Waals surface area (Å²) in [5.74, 6) is -0.405. The molecule has 2 rings (SSSR count). The van der Waals surface area contributed by atoms with Crippen molar-refractivity contribution in [2.45, 2.75) is 52.5 Å². The fourth-order valence-corrected chi connectivity index (χ4v) is 5.74. The molecule has 0 unspecified atom stereocenters. The Kier molecular flexibility index (Phi) is 7.08. The van der Waals surface area contributed by atoms with E-state index >= 15 is 0 Å². The van der Waals surface area contributed by atoms with Gasteiger partial charge < -0.3 is 5.32 Å². The Labute approximate surface area is 173 Å². The molecule has 1 atom stereocenters. The van der Waals surface area contributed by atoms with E-state index in [1.54, 1.807) is 6.92 Å². The maximum Gasteiger partial charge on any atom is 0.321 e. The molecule has 0 bridgehead atoms. The smallest absolute Gasteiger partial charge is 0.321 e. The molecule has 0 aromatic heterocycles. The minimum atomic E-state index is -3.64. The molecule has 2 N–H and O–H groups in total. The predicted molar refractivity (Wildman–Crippen MR) is 113 cm³/mol. The van der Waals surface area contributed by atoms with Gasteiger partial charge in [0.1, 0.15) is 0 Å². The molecule has 0 radical (unpaired) electrons. The molecule has 1 aromatic carbocycles. The zero-order chi connectivity index (χ0) is 22.1. The molecule has 8 nitrogen and oxygen atoms in total. The van der Waals surface area contributed by atoms with Crippen molar-refractivity contribution in [1.29, 1.82) is 0 Å². The number of nitrogens with one attached hydrogen (secondary N) is 2. The van der Waals surface area contributed by atoms with Crippen molar-refractivity contribution in [2.24, 2.45) is 0 Å². The van der Waals surface area contributed by atoms with Gasteiger partial charge >= 0.3 is 6.03 Å². The minimum Gasteiger partial charge on any atom is -0.341 e. The topological polar surface area (TPSA) is 98.8 Å². The number of carbonyl (C=O) groups excluding carboxylic acids is 2. The van der Waals surface area contributed by atoms with E-state index in [0.29, 0.717) is 31.1 Å². The zero-order valence-corrected chi connectivity index (χ0v) is 19.2. The molecule has 1 aliphatic heterocycles. The number of hydrogen-bond donors (Lipinski definition) is 2. The summed E-state index contributed by atoms with van der Waals surface area (Å²) < 4.78 is 28.3. The van der Waals surface area contributed by atoms with Crippen LogP contribution in [0.25, 0.3) is 0 Å². The van der Waals surface area contributed by atoms with Crippen molar-refractivity contribution in [2.75, 3.05) is 33.2 Å². The van der Waals surface area contributed by atoms with Gasteiger partial charge in [-0.25, -0.2) is 13.2 Å². The Morgan fingerprint density at radius 1 is 0.862 bits per heavy atom. The molecule has 0 spiro atoms. The first-order valence-corrected chi connectivity index (χ1v) is 11.2. The predicted octanol–water partition coefficient (Wildman–Crippen LogP) is 1.38. The fourth-order valence-electron chi connectivity index (χ4n) is 3.76. The Bertz CT molecular complexity index is 890. The lowest BCUT2D eigenvalue weighted by molar-refractivity contribution is -0.125. The first-order chi connectivity index (χ1) is 13.4. The van der Waals surface area contributed by atoms with E-state index in [9.17, 15) is 18.0 Å². The maximum absolute atomic E-state index is 13.4. The lowest BCUT2D eigenvalue weighted by Crippen LogP contribution is -2.56. The first-order valence-electron chi connectivity index (χ1n) is 9.77. The quantitative estimate of drug-likeness (QED) is 0.761. The highest BCUT2D eigenvalue weighted by Crippen LogP contribution is 2.32. The highest BCUT2D eigenvalue weighted by Gasteiger charge is 2.34. The minimum absolute atomic E-state index is 0.296. The number of benzene rings is 1. The van der Waals surface area contributed by atoms with Gasteiger partial charge in [-0.05, 0) is 69.4 Å². The van der Waals surface area contributed by atoms with Gasteiger partial charge in [0.25, 0.3) is 0 Å². The SMILES string of the molecule is CNC(=O)NC(=O)[C@@H](C)N1CCN(S(=O)(=O)c2c(C)c(C)c(C)c(C)c2C)CC1. The second kappa shape index (κ2) is 8.81. The summed E-state index contributed by atoms with van der Waals surface area (Å²) in [6.07, 6.45) is 0. The average molecular weight is 425 g/mol. The lowest BCUT2D eigenvalue weighted by atomic mass is 9.95. The van der Waals surface area contributed by atoms with Crippen molar-refractivity contribution in [3.8, 4) is 0 Å². The standard InChI is InChI=1S/C20H32N4O4S/c1-12-13(2)15(4)18(16(5)14(12)3)29(27,28)24-10-8-23(9-11-24)17(6)19(25)22-20(26)21-7/h17H,8-11H2,1-7H3,(H2,21,22,25,26)/t17-/m1/s1. The molecule has 3 amide bonds. The van der Waals surface area contributed by atoms with Gasteiger partial charge in [0, 0.05) is 33.2 Å². The van der Waals surface area contributed by atoms with E-state index in [1.807, 2.05) is 39.5 Å². The highest BCUT2D eigenvalue weighted by molar-refractivity contribution is 7.89. The summed E-state index contributed by atoms with van der Waals surface area (Å²) in [5, 5.41) is 4.61. The third kappa shape index (κ3) is 4.46. The summed E-state index contributed by atoms with van der Waals surface area (Å²) in [5.41, 5.74) is 4.73. The number of nitrogens with zero attached hydrogens (tertiary/aromatic N) is 2. The molecule has 9 heteroatoms. The van der Waals surface area contributed by atoms with Crippen LogP contribution in [0.4, 0.5) is 4.79 Å². The van der Waals surface area contributed by atoms with Crippen LogP contribution in [-0.2, 0) is 14.8 Å². The molecule has 1 aromatic rings. The monoisotopic (exact) mass is 424 g/mol. The lowest BCUT2D eigenvalue weighted by Gasteiger charge is -2.37. The number of hydrogen-bond acceptors (Lipinski definition) is 5. The van der Waals surface area contributed by atoms with Crippen LogP contribution in [0.15, 0.2) is 4.90 Å². The molecule has 29 heavy (non-hydrogen) atoms. The number of amides is 3. The normalized spacial score (nSPS) is 17.1. The largest absolute Gasteiger partial charge is 0.341 e. The van der Waals surface area contributed by atoms with Crippen molar-refractivity contribution in [3.63, 3.8) is 0 Å². The van der Waals surface area contributed by atoms with Crippen LogP contribution >= 0.6 is 0 Å². The van der Waals surface area contributed by atoms with E-state index in [0.717, 1.165) is 27.8 Å². The van der Waals surface area contributed by atoms with E-state index < -0.39 is 28.0 Å². The fraction of sp³-hybridized carbons (Fsp3) is 0.600. The van der Waals surface area contributed by atoms with E-state index in [2.05, 4.69) is 10.6 Å². The van der Waals surface area contributed by atoms with E-state index in [-0.39, 0.29) is 0 Å². The summed E-state index contributed by atoms with van der Waals surface area (Å²) in [6.45, 7) is 12.8. The number of sulfonamides is 1. The third-order valence-electron chi connectivity index (χ3n) is 6.19. The number of piperazine rings is 1. The van der Waals surface area contributed by atoms with Gasteiger partial charge in [-0.1, -0.05) is 0 Å². The number of rotatable bonds is 4. The van der Waals surface area contributed by atoms with Gasteiger partial charge in [0.05, 0.1) is 10.9 Å². The summed E-state index contributed by atoms with van der Waals surface area (Å²) in [6, 6.07) is -1.08. The van der Waals surface area contributed by atoms with Gasteiger partial charge in [0.15, 0.2) is 0 Å². The van der Waals surface area contributed by atoms with Crippen molar-refractivity contribution >= 4 is 22.0 Å². The van der Waals surface area contributed by atoms with Crippen LogP contribution in [0.2, 0.25) is 0 Å². The molecule has 0 aliphatic carbocycles. The Morgan fingerprint density at radius 2 is 1.31 bits per heavy atom. The van der Waals surface area contributed by atoms with E-state index in [4.69, 9.17) is 0 Å². The average Bonchev–Trinajstić information content (AvgIpc) is 2.70. The molecule has 1 saturated heterocycles. The van der Waals surface area contributed by atoms with Crippen molar-refractivity contribution in [3.05, 3.63) is 27.8 Å². The third-order valence-corrected chi connectivity index (χ3v) is 8.37. The summed E-state index contributed by atoms with van der Waals surface area (Å²) >= 11 is 0. The van der Waals surface area contributed by atoms with Crippen LogP contribution < -0.4 is 10.6 Å². The molecule has 162 valence electrons. The Morgan fingerprint density at radius 3 is 1.76 bits per heavy atom. The molecule has 1 aliphatic rings. The van der Waals surface area contributed by atoms with Crippen LogP contribution in [-0.4, -0.2) is 68.8 Å². The molecule has 1 heterocycles. The van der Waals surface area contributed by atoms with Gasteiger partial charge in [-0.3, -0.25) is 15.0 Å². The van der Waals surface area contributed by atoms with Crippen LogP contribution in [0, 0.1) is 34.6 Å².